The number of H-pyrrole nitrogens is 2. The highest BCUT2D eigenvalue weighted by molar-refractivity contribution is 5.97. The zero-order valence-corrected chi connectivity index (χ0v) is 21.2. The third-order valence-electron chi connectivity index (χ3n) is 7.70. The van der Waals surface area contributed by atoms with Gasteiger partial charge in [0.05, 0.1) is 12.2 Å². The highest BCUT2D eigenvalue weighted by atomic mass is 19.3. The predicted octanol–water partition coefficient (Wildman–Crippen LogP) is 5.53. The lowest BCUT2D eigenvalue weighted by Crippen LogP contribution is -2.29. The van der Waals surface area contributed by atoms with Crippen molar-refractivity contribution < 1.29 is 13.2 Å². The third-order valence-corrected chi connectivity index (χ3v) is 7.70. The Labute approximate surface area is 222 Å². The molecule has 0 bridgehead atoms. The minimum atomic E-state index is -2.66. The van der Waals surface area contributed by atoms with E-state index in [0.29, 0.717) is 46.8 Å². The monoisotopic (exact) mass is 532 g/mol. The molecule has 6 heterocycles. The summed E-state index contributed by atoms with van der Waals surface area (Å²) in [6, 6.07) is 7.15. The van der Waals surface area contributed by atoms with Gasteiger partial charge >= 0.3 is 0 Å². The van der Waals surface area contributed by atoms with Crippen molar-refractivity contribution in [3.8, 4) is 22.6 Å². The van der Waals surface area contributed by atoms with Gasteiger partial charge in [-0.3, -0.25) is 15.0 Å². The summed E-state index contributed by atoms with van der Waals surface area (Å²) in [5, 5.41) is 7.76. The van der Waals surface area contributed by atoms with Crippen LogP contribution in [-0.2, 0) is 6.54 Å². The lowest BCUT2D eigenvalue weighted by atomic mass is 10.0. The molecule has 1 aromatic carbocycles. The molecule has 0 amide bonds. The van der Waals surface area contributed by atoms with Crippen LogP contribution in [0.3, 0.4) is 0 Å². The van der Waals surface area contributed by atoms with Crippen LogP contribution in [0.25, 0.3) is 44.7 Å². The molecule has 5 aromatic rings. The number of fused-ring (bicyclic) bond motifs is 2. The Kier molecular flexibility index (Phi) is 5.76. The minimum Gasteiger partial charge on any atom is -0.370 e. The molecule has 0 spiro atoms. The predicted molar refractivity (Wildman–Crippen MR) is 143 cm³/mol. The smallest absolute Gasteiger partial charge is 0.261 e. The number of anilines is 1. The Morgan fingerprint density at radius 2 is 1.87 bits per heavy atom. The summed E-state index contributed by atoms with van der Waals surface area (Å²) in [6.45, 7) is 2.41. The molecule has 7 rings (SSSR count). The van der Waals surface area contributed by atoms with Crippen LogP contribution < -0.4 is 4.90 Å². The minimum absolute atomic E-state index is 0.137. The highest BCUT2D eigenvalue weighted by Crippen LogP contribution is 2.34. The van der Waals surface area contributed by atoms with E-state index in [1.807, 2.05) is 18.2 Å². The topological polar surface area (TPSA) is 89.6 Å². The first-order chi connectivity index (χ1) is 18.9. The van der Waals surface area contributed by atoms with E-state index in [1.54, 1.807) is 23.5 Å². The number of imidazole rings is 1. The van der Waals surface area contributed by atoms with E-state index in [9.17, 15) is 8.78 Å². The number of halogens is 3. The van der Waals surface area contributed by atoms with Crippen molar-refractivity contribution in [2.24, 2.45) is 0 Å². The number of hydrogen-bond donors (Lipinski definition) is 2. The van der Waals surface area contributed by atoms with Gasteiger partial charge in [-0.15, -0.1) is 0 Å². The second kappa shape index (κ2) is 9.33. The first kappa shape index (κ1) is 24.1. The number of alkyl halides is 2. The molecular weight excluding hydrogens is 505 g/mol. The molecule has 0 aliphatic carbocycles. The fourth-order valence-corrected chi connectivity index (χ4v) is 5.77. The number of rotatable bonds is 5. The number of hydrogen-bond acceptors (Lipinski definition) is 6. The van der Waals surface area contributed by atoms with E-state index in [-0.39, 0.29) is 18.5 Å². The molecule has 0 saturated carbocycles. The average molecular weight is 533 g/mol. The highest BCUT2D eigenvalue weighted by Gasteiger charge is 2.38. The Morgan fingerprint density at radius 3 is 2.69 bits per heavy atom. The fourth-order valence-electron chi connectivity index (χ4n) is 5.77. The number of piperidine rings is 1. The quantitative estimate of drug-likeness (QED) is 0.309. The van der Waals surface area contributed by atoms with Gasteiger partial charge in [0.15, 0.2) is 17.3 Å². The number of pyridine rings is 2. The maximum Gasteiger partial charge on any atom is 0.261 e. The van der Waals surface area contributed by atoms with Gasteiger partial charge in [0.2, 0.25) is 0 Å². The van der Waals surface area contributed by atoms with E-state index in [1.165, 1.54) is 12.5 Å². The van der Waals surface area contributed by atoms with Crippen molar-refractivity contribution in [1.29, 1.82) is 0 Å². The first-order valence-corrected chi connectivity index (χ1v) is 13.3. The van der Waals surface area contributed by atoms with Crippen LogP contribution in [0.1, 0.15) is 31.2 Å². The second-order valence-corrected chi connectivity index (χ2v) is 10.5. The molecule has 4 aromatic heterocycles. The summed E-state index contributed by atoms with van der Waals surface area (Å²) in [6.07, 6.45) is 8.49. The molecule has 2 aliphatic heterocycles. The molecule has 2 saturated heterocycles. The van der Waals surface area contributed by atoms with Gasteiger partial charge < -0.3 is 9.88 Å². The van der Waals surface area contributed by atoms with Crippen molar-refractivity contribution >= 4 is 27.8 Å². The van der Waals surface area contributed by atoms with Gasteiger partial charge in [-0.2, -0.15) is 5.10 Å². The first-order valence-electron chi connectivity index (χ1n) is 13.3. The Bertz CT molecular complexity index is 1670. The molecule has 200 valence electrons. The number of likely N-dealkylation sites (tertiary alicyclic amines) is 1. The summed E-state index contributed by atoms with van der Waals surface area (Å²) in [4.78, 5) is 20.9. The van der Waals surface area contributed by atoms with Gasteiger partial charge in [-0.25, -0.2) is 23.1 Å². The van der Waals surface area contributed by atoms with Crippen LogP contribution in [0.2, 0.25) is 0 Å². The van der Waals surface area contributed by atoms with Crippen LogP contribution in [0.5, 0.6) is 0 Å². The number of nitrogens with zero attached hydrogens (tertiary/aromatic N) is 6. The molecule has 2 N–H and O–H groups in total. The van der Waals surface area contributed by atoms with Gasteiger partial charge in [-0.1, -0.05) is 0 Å². The van der Waals surface area contributed by atoms with Crippen molar-refractivity contribution in [1.82, 2.24) is 35.0 Å². The summed E-state index contributed by atoms with van der Waals surface area (Å²) >= 11 is 0. The fraction of sp³-hybridized carbons (Fsp3) is 0.357. The second-order valence-electron chi connectivity index (χ2n) is 10.5. The lowest BCUT2D eigenvalue weighted by molar-refractivity contribution is 0.0115. The lowest BCUT2D eigenvalue weighted by Gasteiger charge is -2.28. The molecule has 0 unspecified atom stereocenters. The maximum atomic E-state index is 15.2. The molecule has 2 fully saturated rings. The third kappa shape index (κ3) is 4.50. The number of aromatic nitrogens is 6. The normalized spacial score (nSPS) is 18.0. The zero-order chi connectivity index (χ0) is 26.6. The average Bonchev–Trinajstić information content (AvgIpc) is 3.65. The summed E-state index contributed by atoms with van der Waals surface area (Å²) in [5.74, 6) is -2.60. The molecule has 0 atom stereocenters. The number of aromatic amines is 2. The van der Waals surface area contributed by atoms with Gasteiger partial charge in [0, 0.05) is 62.1 Å². The molecule has 39 heavy (non-hydrogen) atoms. The zero-order valence-electron chi connectivity index (χ0n) is 21.2. The molecule has 0 radical (unpaired) electrons. The van der Waals surface area contributed by atoms with Crippen LogP contribution in [-0.4, -0.2) is 67.1 Å². The van der Waals surface area contributed by atoms with Crippen molar-refractivity contribution in [3.05, 3.63) is 54.2 Å². The van der Waals surface area contributed by atoms with E-state index in [0.717, 1.165) is 42.7 Å². The Hall–Kier alpha value is -3.99. The number of benzene rings is 1. The van der Waals surface area contributed by atoms with Gasteiger partial charge in [-0.05, 0) is 54.7 Å². The van der Waals surface area contributed by atoms with Crippen LogP contribution in [0, 0.1) is 5.82 Å². The molecule has 8 nitrogen and oxygen atoms in total. The van der Waals surface area contributed by atoms with Crippen LogP contribution in [0.4, 0.5) is 18.9 Å². The van der Waals surface area contributed by atoms with E-state index in [4.69, 9.17) is 4.98 Å². The summed E-state index contributed by atoms with van der Waals surface area (Å²) < 4.78 is 42.5. The van der Waals surface area contributed by atoms with Gasteiger partial charge in [0.25, 0.3) is 5.92 Å². The standard InChI is InChI=1S/C28H27F3N8/c29-21-12-18(19-10-17(13-32-14-19)15-38-9-5-28(30,31)16-38)11-20-23(21)36-37-24(20)27-34-25-22(4-6-33-26(25)35-27)39-7-2-1-3-8-39/h4,6,10-14H,1-3,5,7-9,15-16H2,(H,36,37)(H,33,34,35). The van der Waals surface area contributed by atoms with Gasteiger partial charge in [0.1, 0.15) is 16.7 Å². The van der Waals surface area contributed by atoms with Crippen molar-refractivity contribution in [2.75, 3.05) is 31.1 Å². The van der Waals surface area contributed by atoms with E-state index in [2.05, 4.69) is 30.0 Å². The Morgan fingerprint density at radius 1 is 1.00 bits per heavy atom. The number of nitrogens with one attached hydrogen (secondary N) is 2. The molecular formula is C28H27F3N8. The largest absolute Gasteiger partial charge is 0.370 e. The van der Waals surface area contributed by atoms with Crippen molar-refractivity contribution in [3.63, 3.8) is 0 Å². The maximum absolute atomic E-state index is 15.2. The van der Waals surface area contributed by atoms with Crippen LogP contribution in [0.15, 0.2) is 42.9 Å². The Balaban J connectivity index is 1.25. The van der Waals surface area contributed by atoms with Crippen molar-refractivity contribution in [2.45, 2.75) is 38.2 Å². The summed E-state index contributed by atoms with van der Waals surface area (Å²) in [5.41, 5.74) is 5.39. The van der Waals surface area contributed by atoms with E-state index < -0.39 is 11.7 Å². The molecule has 2 aliphatic rings. The SMILES string of the molecule is Fc1cc(-c2cncc(CN3CCC(F)(F)C3)c2)cc2c(-c3nc4nccc(N5CCCCC5)c4[nH]3)[nH]nc12. The summed E-state index contributed by atoms with van der Waals surface area (Å²) in [7, 11) is 0. The van der Waals surface area contributed by atoms with E-state index >= 15 is 4.39 Å². The molecule has 11 heteroatoms. The van der Waals surface area contributed by atoms with Crippen LogP contribution >= 0.6 is 0 Å².